The summed E-state index contributed by atoms with van der Waals surface area (Å²) in [6, 6.07) is -0.891. The fraction of sp³-hybridized carbons (Fsp3) is 0.828. The number of unbranched alkanes of at least 4 members (excludes halogenated alkanes) is 31. The number of ether oxygens (including phenoxy) is 1. The van der Waals surface area contributed by atoms with E-state index in [2.05, 4.69) is 62.5 Å². The number of hydrogen-bond donors (Lipinski definition) is 1. The average molecular weight is 977 g/mol. The summed E-state index contributed by atoms with van der Waals surface area (Å²) in [4.78, 5) is 39.8. The topological polar surface area (TPSA) is 114 Å². The summed E-state index contributed by atoms with van der Waals surface area (Å²) in [6.45, 7) is 6.71. The summed E-state index contributed by atoms with van der Waals surface area (Å²) in [7, 11) is 1.18. The van der Waals surface area contributed by atoms with Gasteiger partial charge in [0.2, 0.25) is 5.91 Å². The van der Waals surface area contributed by atoms with Crippen LogP contribution < -0.4 is 10.2 Å². The van der Waals surface area contributed by atoms with Crippen molar-refractivity contribution in [3.05, 3.63) is 48.6 Å². The molecule has 0 fully saturated rings. The van der Waals surface area contributed by atoms with E-state index in [4.69, 9.17) is 13.8 Å². The minimum absolute atomic E-state index is 0.0242. The predicted octanol–water partition coefficient (Wildman–Crippen LogP) is 16.3. The van der Waals surface area contributed by atoms with Gasteiger partial charge in [-0.3, -0.25) is 14.2 Å². The molecule has 0 saturated carbocycles. The van der Waals surface area contributed by atoms with Crippen molar-refractivity contribution in [1.82, 2.24) is 5.32 Å². The number of esters is 1. The Labute approximate surface area is 420 Å². The molecular weight excluding hydrogens is 868 g/mol. The SMILES string of the molecule is CC/C=C/C=C/C=C/CCCCCCCCCC(=O)NC(COP(=O)([O-])OCC[N+](C)(C)C)C(/C=C/CCCCCCCCCCCC)OC(=O)CCCCCCCCCCCCCCCCC. The molecule has 0 aromatic rings. The van der Waals surface area contributed by atoms with Crippen molar-refractivity contribution in [2.75, 3.05) is 40.9 Å². The smallest absolute Gasteiger partial charge is 0.306 e. The third-order valence-corrected chi connectivity index (χ3v) is 13.5. The molecule has 0 saturated heterocycles. The van der Waals surface area contributed by atoms with E-state index in [0.29, 0.717) is 17.4 Å². The molecule has 0 spiro atoms. The number of quaternary nitrogens is 1. The lowest BCUT2D eigenvalue weighted by Gasteiger charge is -2.30. The van der Waals surface area contributed by atoms with Gasteiger partial charge in [0, 0.05) is 12.8 Å². The van der Waals surface area contributed by atoms with Gasteiger partial charge in [-0.1, -0.05) is 243 Å². The van der Waals surface area contributed by atoms with Crippen LogP contribution in [0.3, 0.4) is 0 Å². The molecule has 0 aromatic heterocycles. The highest BCUT2D eigenvalue weighted by Gasteiger charge is 2.27. The first-order chi connectivity index (χ1) is 32.9. The van der Waals surface area contributed by atoms with E-state index < -0.39 is 26.6 Å². The number of nitrogens with one attached hydrogen (secondary N) is 1. The summed E-state index contributed by atoms with van der Waals surface area (Å²) in [5.41, 5.74) is 0. The van der Waals surface area contributed by atoms with Crippen molar-refractivity contribution in [1.29, 1.82) is 0 Å². The fourth-order valence-corrected chi connectivity index (χ4v) is 8.89. The zero-order valence-corrected chi connectivity index (χ0v) is 46.2. The Bertz CT molecular complexity index is 1310. The number of allylic oxidation sites excluding steroid dienone is 7. The summed E-state index contributed by atoms with van der Waals surface area (Å²) < 4.78 is 30.2. The molecule has 3 unspecified atom stereocenters. The second-order valence-electron chi connectivity index (χ2n) is 20.5. The summed E-state index contributed by atoms with van der Waals surface area (Å²) in [5.74, 6) is -0.549. The van der Waals surface area contributed by atoms with Gasteiger partial charge in [-0.05, 0) is 51.0 Å². The lowest BCUT2D eigenvalue weighted by atomic mass is 10.0. The van der Waals surface area contributed by atoms with Crippen LogP contribution in [-0.4, -0.2) is 69.4 Å². The number of phosphoric acid groups is 1. The van der Waals surface area contributed by atoms with Crippen LogP contribution in [0.15, 0.2) is 48.6 Å². The van der Waals surface area contributed by atoms with E-state index in [0.717, 1.165) is 77.0 Å². The molecule has 0 aliphatic heterocycles. The average Bonchev–Trinajstić information content (AvgIpc) is 3.29. The lowest BCUT2D eigenvalue weighted by Crippen LogP contribution is -2.47. The highest BCUT2D eigenvalue weighted by molar-refractivity contribution is 7.45. The highest BCUT2D eigenvalue weighted by atomic mass is 31.2. The molecule has 0 aromatic carbocycles. The van der Waals surface area contributed by atoms with Gasteiger partial charge >= 0.3 is 5.97 Å². The molecule has 0 bridgehead atoms. The maximum Gasteiger partial charge on any atom is 0.306 e. The molecule has 0 rings (SSSR count). The van der Waals surface area contributed by atoms with Gasteiger partial charge in [-0.15, -0.1) is 0 Å². The second-order valence-corrected chi connectivity index (χ2v) is 21.9. The van der Waals surface area contributed by atoms with E-state index in [-0.39, 0.29) is 24.9 Å². The van der Waals surface area contributed by atoms with Crippen LogP contribution in [0.1, 0.15) is 258 Å². The summed E-state index contributed by atoms with van der Waals surface area (Å²) in [5, 5.41) is 3.01. The van der Waals surface area contributed by atoms with E-state index in [1.165, 1.54) is 148 Å². The Kier molecular flexibility index (Phi) is 47.1. The number of phosphoric ester groups is 1. The minimum atomic E-state index is -4.69. The Morgan fingerprint density at radius 3 is 1.40 bits per heavy atom. The molecule has 3 atom stereocenters. The van der Waals surface area contributed by atoms with E-state index >= 15 is 0 Å². The van der Waals surface area contributed by atoms with Crippen LogP contribution in [0.5, 0.6) is 0 Å². The van der Waals surface area contributed by atoms with Crippen LogP contribution in [0.4, 0.5) is 0 Å². The zero-order valence-electron chi connectivity index (χ0n) is 45.3. The van der Waals surface area contributed by atoms with Crippen molar-refractivity contribution in [2.45, 2.75) is 270 Å². The Morgan fingerprint density at radius 1 is 0.529 bits per heavy atom. The van der Waals surface area contributed by atoms with Crippen LogP contribution >= 0.6 is 7.82 Å². The molecule has 1 amide bonds. The van der Waals surface area contributed by atoms with Crippen LogP contribution in [0.25, 0.3) is 0 Å². The number of nitrogens with zero attached hydrogens (tertiary/aromatic N) is 1. The molecule has 1 N–H and O–H groups in total. The molecule has 0 aliphatic carbocycles. The quantitative estimate of drug-likeness (QED) is 0.0161. The molecule has 0 heterocycles. The molecule has 398 valence electrons. The number of carbonyl (C=O) groups is 2. The Morgan fingerprint density at radius 2 is 0.941 bits per heavy atom. The molecule has 68 heavy (non-hydrogen) atoms. The standard InChI is InChI=1S/C58H109N2O7P/c1-7-10-13-16-19-22-25-28-30-32-35-38-41-44-47-50-57(61)59-55(54-66-68(63,64)65-53-52-60(4,5)6)56(49-46-43-40-37-34-27-24-21-18-15-12-9-3)67-58(62)51-48-45-42-39-36-33-31-29-26-23-20-17-14-11-8-2/h10,13,16,19,22,25,46,49,55-56H,7-9,11-12,14-15,17-18,20-21,23-24,26-45,47-48,50-54H2,1-6H3,(H-,59,61,63,64)/b13-10+,19-16+,25-22+,49-46+. The fourth-order valence-electron chi connectivity index (χ4n) is 8.17. The minimum Gasteiger partial charge on any atom is -0.756 e. The van der Waals surface area contributed by atoms with E-state index in [9.17, 15) is 19.0 Å². The molecular formula is C58H109N2O7P. The summed E-state index contributed by atoms with van der Waals surface area (Å²) in [6.07, 6.45) is 57.8. The zero-order chi connectivity index (χ0) is 50.1. The first kappa shape index (κ1) is 66.0. The molecule has 0 aliphatic rings. The van der Waals surface area contributed by atoms with Crippen molar-refractivity contribution < 1.29 is 37.3 Å². The maximum atomic E-state index is 13.5. The van der Waals surface area contributed by atoms with Crippen LogP contribution in [-0.2, 0) is 27.9 Å². The van der Waals surface area contributed by atoms with E-state index in [1.54, 1.807) is 0 Å². The first-order valence-electron chi connectivity index (χ1n) is 28.5. The normalized spacial score (nSPS) is 14.2. The van der Waals surface area contributed by atoms with Gasteiger partial charge in [0.1, 0.15) is 19.3 Å². The van der Waals surface area contributed by atoms with Gasteiger partial charge < -0.3 is 28.5 Å². The monoisotopic (exact) mass is 977 g/mol. The first-order valence-corrected chi connectivity index (χ1v) is 29.9. The summed E-state index contributed by atoms with van der Waals surface area (Å²) >= 11 is 0. The number of rotatable bonds is 51. The number of amides is 1. The van der Waals surface area contributed by atoms with Gasteiger partial charge in [-0.25, -0.2) is 0 Å². The van der Waals surface area contributed by atoms with Crippen LogP contribution in [0, 0.1) is 0 Å². The van der Waals surface area contributed by atoms with Crippen molar-refractivity contribution in [3.8, 4) is 0 Å². The third kappa shape index (κ3) is 49.0. The number of carbonyl (C=O) groups excluding carboxylic acids is 2. The van der Waals surface area contributed by atoms with Gasteiger partial charge in [0.25, 0.3) is 7.82 Å². The largest absolute Gasteiger partial charge is 0.756 e. The van der Waals surface area contributed by atoms with Gasteiger partial charge in [0.15, 0.2) is 0 Å². The lowest BCUT2D eigenvalue weighted by molar-refractivity contribution is -0.870. The van der Waals surface area contributed by atoms with Gasteiger partial charge in [0.05, 0.1) is 33.8 Å². The Hall–Kier alpha value is -2.03. The molecule has 10 heteroatoms. The van der Waals surface area contributed by atoms with E-state index in [1.807, 2.05) is 33.3 Å². The van der Waals surface area contributed by atoms with Gasteiger partial charge in [-0.2, -0.15) is 0 Å². The second kappa shape index (κ2) is 48.6. The number of hydrogen-bond acceptors (Lipinski definition) is 7. The third-order valence-electron chi connectivity index (χ3n) is 12.6. The van der Waals surface area contributed by atoms with Crippen molar-refractivity contribution in [3.63, 3.8) is 0 Å². The maximum absolute atomic E-state index is 13.5. The highest BCUT2D eigenvalue weighted by Crippen LogP contribution is 2.38. The van der Waals surface area contributed by atoms with Crippen molar-refractivity contribution >= 4 is 19.7 Å². The van der Waals surface area contributed by atoms with Crippen molar-refractivity contribution in [2.24, 2.45) is 0 Å². The van der Waals surface area contributed by atoms with Crippen LogP contribution in [0.2, 0.25) is 0 Å². The predicted molar refractivity (Wildman–Crippen MR) is 289 cm³/mol. The Balaban J connectivity index is 5.36. The number of likely N-dealkylation sites (N-methyl/N-ethyl adjacent to an activating group) is 1. The molecule has 9 nitrogen and oxygen atoms in total. The molecule has 0 radical (unpaired) electrons.